The average Bonchev–Trinajstić information content (AvgIpc) is 3.39. The van der Waals surface area contributed by atoms with Crippen molar-refractivity contribution in [2.24, 2.45) is 0 Å². The molecule has 0 spiro atoms. The lowest BCUT2D eigenvalue weighted by Gasteiger charge is -2.25. The van der Waals surface area contributed by atoms with E-state index < -0.39 is 10.0 Å². The second kappa shape index (κ2) is 14.0. The number of likely N-dealkylation sites (N-methyl/N-ethyl adjacent to an activating group) is 1. The minimum Gasteiger partial charge on any atom is -0.494 e. The Hall–Kier alpha value is -3.55. The molecule has 0 saturated carbocycles. The SMILES string of the molecule is CCN(CC)CCN(C(=O)c1ccc(S(=O)(=O)N(CCC#N)CCC#N)cc1)c1nc2c(OC)cccc2s1. The summed E-state index contributed by atoms with van der Waals surface area (Å²) in [7, 11) is -2.36. The fourth-order valence-electron chi connectivity index (χ4n) is 4.03. The molecule has 0 unspecified atom stereocenters. The van der Waals surface area contributed by atoms with Gasteiger partial charge in [0.1, 0.15) is 11.3 Å². The van der Waals surface area contributed by atoms with Crippen molar-refractivity contribution in [1.29, 1.82) is 10.5 Å². The van der Waals surface area contributed by atoms with Gasteiger partial charge in [-0.25, -0.2) is 13.4 Å². The highest BCUT2D eigenvalue weighted by molar-refractivity contribution is 7.89. The van der Waals surface area contributed by atoms with Gasteiger partial charge in [0.15, 0.2) is 5.13 Å². The summed E-state index contributed by atoms with van der Waals surface area (Å²) in [5, 5.41) is 18.4. The van der Waals surface area contributed by atoms with Gasteiger partial charge in [-0.2, -0.15) is 14.8 Å². The number of nitriles is 2. The van der Waals surface area contributed by atoms with Gasteiger partial charge in [-0.3, -0.25) is 9.69 Å². The lowest BCUT2D eigenvalue weighted by atomic mass is 10.2. The molecule has 0 radical (unpaired) electrons. The van der Waals surface area contributed by atoms with E-state index >= 15 is 0 Å². The van der Waals surface area contributed by atoms with Crippen molar-refractivity contribution in [3.8, 4) is 17.9 Å². The third kappa shape index (κ3) is 7.11. The van der Waals surface area contributed by atoms with Crippen molar-refractivity contribution in [3.05, 3.63) is 48.0 Å². The third-order valence-electron chi connectivity index (χ3n) is 6.29. The zero-order valence-corrected chi connectivity index (χ0v) is 24.0. The first-order valence-electron chi connectivity index (χ1n) is 12.6. The second-order valence-electron chi connectivity index (χ2n) is 8.53. The van der Waals surface area contributed by atoms with Crippen molar-refractivity contribution in [1.82, 2.24) is 14.2 Å². The number of ether oxygens (including phenoxy) is 1. The van der Waals surface area contributed by atoms with Gasteiger partial charge in [0.05, 0.1) is 28.8 Å². The summed E-state index contributed by atoms with van der Waals surface area (Å²) in [6, 6.07) is 15.3. The molecule has 0 saturated heterocycles. The number of hydrogen-bond acceptors (Lipinski definition) is 9. The van der Waals surface area contributed by atoms with Crippen LogP contribution in [0.1, 0.15) is 37.0 Å². The van der Waals surface area contributed by atoms with Gasteiger partial charge >= 0.3 is 0 Å². The standard InChI is InChI=1S/C27H32N6O4S2/c1-4-31(5-2)19-20-33(27-30-25-23(37-3)9-6-10-24(25)38-27)26(34)21-11-13-22(14-12-21)39(35,36)32(17-7-15-28)18-8-16-29/h6,9-14H,4-5,7-8,17-20H2,1-3H3. The van der Waals surface area contributed by atoms with Crippen LogP contribution < -0.4 is 9.64 Å². The van der Waals surface area contributed by atoms with Crippen LogP contribution in [0, 0.1) is 22.7 Å². The van der Waals surface area contributed by atoms with E-state index in [-0.39, 0.29) is 36.7 Å². The molecule has 10 nitrogen and oxygen atoms in total. The third-order valence-corrected chi connectivity index (χ3v) is 9.24. The largest absolute Gasteiger partial charge is 0.494 e. The van der Waals surface area contributed by atoms with Crippen molar-refractivity contribution in [2.45, 2.75) is 31.6 Å². The van der Waals surface area contributed by atoms with Crippen LogP contribution in [-0.2, 0) is 10.0 Å². The molecular weight excluding hydrogens is 536 g/mol. The number of hydrogen-bond donors (Lipinski definition) is 0. The molecule has 0 fully saturated rings. The molecule has 3 rings (SSSR count). The summed E-state index contributed by atoms with van der Waals surface area (Å²) in [6.45, 7) is 6.83. The highest BCUT2D eigenvalue weighted by Crippen LogP contribution is 2.34. The van der Waals surface area contributed by atoms with Crippen molar-refractivity contribution in [3.63, 3.8) is 0 Å². The van der Waals surface area contributed by atoms with Crippen LogP contribution in [0.3, 0.4) is 0 Å². The Labute approximate surface area is 233 Å². The average molecular weight is 569 g/mol. The van der Waals surface area contributed by atoms with Gasteiger partial charge in [0, 0.05) is 44.6 Å². The van der Waals surface area contributed by atoms with Crippen molar-refractivity contribution >= 4 is 42.6 Å². The summed E-state index contributed by atoms with van der Waals surface area (Å²) >= 11 is 1.39. The predicted molar refractivity (Wildman–Crippen MR) is 151 cm³/mol. The summed E-state index contributed by atoms with van der Waals surface area (Å²) in [6.07, 6.45) is 0.0192. The van der Waals surface area contributed by atoms with E-state index in [0.29, 0.717) is 35.1 Å². The van der Waals surface area contributed by atoms with E-state index in [2.05, 4.69) is 18.7 Å². The topological polar surface area (TPSA) is 131 Å². The quantitative estimate of drug-likeness (QED) is 0.284. The maximum atomic E-state index is 13.8. The minimum atomic E-state index is -3.94. The first-order chi connectivity index (χ1) is 18.8. The van der Waals surface area contributed by atoms with Crippen molar-refractivity contribution in [2.75, 3.05) is 51.3 Å². The van der Waals surface area contributed by atoms with Crippen molar-refractivity contribution < 1.29 is 17.9 Å². The van der Waals surface area contributed by atoms with E-state index in [1.54, 1.807) is 12.0 Å². The van der Waals surface area contributed by atoms with E-state index in [0.717, 1.165) is 22.1 Å². The maximum Gasteiger partial charge on any atom is 0.260 e. The zero-order chi connectivity index (χ0) is 28.4. The number of aromatic nitrogens is 1. The Bertz CT molecular complexity index is 1440. The van der Waals surface area contributed by atoms with E-state index in [9.17, 15) is 13.2 Å². The normalized spacial score (nSPS) is 11.5. The van der Waals surface area contributed by atoms with Crippen LogP contribution >= 0.6 is 11.3 Å². The first kappa shape index (κ1) is 30.0. The number of fused-ring (bicyclic) bond motifs is 1. The van der Waals surface area contributed by atoms with Crippen LogP contribution in [0.15, 0.2) is 47.4 Å². The van der Waals surface area contributed by atoms with Crippen LogP contribution in [0.25, 0.3) is 10.2 Å². The van der Waals surface area contributed by atoms with Gasteiger partial charge < -0.3 is 9.64 Å². The predicted octanol–water partition coefficient (Wildman–Crippen LogP) is 4.11. The number of rotatable bonds is 14. The number of thiazole rings is 1. The fraction of sp³-hybridized carbons (Fsp3) is 0.407. The molecule has 206 valence electrons. The molecule has 2 aromatic carbocycles. The van der Waals surface area contributed by atoms with E-state index in [4.69, 9.17) is 20.2 Å². The van der Waals surface area contributed by atoms with E-state index in [1.807, 2.05) is 30.3 Å². The summed E-state index contributed by atoms with van der Waals surface area (Å²) < 4.78 is 33.8. The monoisotopic (exact) mass is 568 g/mol. The van der Waals surface area contributed by atoms with Gasteiger partial charge in [-0.1, -0.05) is 31.3 Å². The number of para-hydroxylation sites is 1. The maximum absolute atomic E-state index is 13.8. The summed E-state index contributed by atoms with van der Waals surface area (Å²) in [5.74, 6) is 0.327. The van der Waals surface area contributed by atoms with Gasteiger partial charge in [0.2, 0.25) is 10.0 Å². The number of sulfonamides is 1. The Balaban J connectivity index is 1.94. The molecule has 0 bridgehead atoms. The Morgan fingerprint density at radius 3 is 2.18 bits per heavy atom. The number of methoxy groups -OCH3 is 1. The fourth-order valence-corrected chi connectivity index (χ4v) is 6.48. The number of carbonyl (C=O) groups is 1. The molecule has 0 N–H and O–H groups in total. The Kier molecular flexibility index (Phi) is 10.8. The molecule has 0 aliphatic carbocycles. The molecule has 1 aromatic heterocycles. The molecule has 1 amide bonds. The number of benzene rings is 2. The Morgan fingerprint density at radius 1 is 0.974 bits per heavy atom. The van der Waals surface area contributed by atoms with E-state index in [1.165, 1.54) is 35.6 Å². The molecular formula is C27H32N6O4S2. The first-order valence-corrected chi connectivity index (χ1v) is 14.9. The molecule has 39 heavy (non-hydrogen) atoms. The van der Waals surface area contributed by atoms with Crippen LogP contribution in [0.5, 0.6) is 5.75 Å². The minimum absolute atomic E-state index is 0.00524. The van der Waals surface area contributed by atoms with Gasteiger partial charge in [-0.05, 0) is 49.5 Å². The lowest BCUT2D eigenvalue weighted by molar-refractivity contribution is 0.0983. The number of carbonyl (C=O) groups excluding carboxylic acids is 1. The summed E-state index contributed by atoms with van der Waals surface area (Å²) in [4.78, 5) is 22.3. The molecule has 12 heteroatoms. The molecule has 0 aliphatic rings. The molecule has 3 aromatic rings. The molecule has 1 heterocycles. The number of anilines is 1. The Morgan fingerprint density at radius 2 is 1.62 bits per heavy atom. The van der Waals surface area contributed by atoms with Gasteiger partial charge in [-0.15, -0.1) is 0 Å². The number of amides is 1. The number of nitrogens with zero attached hydrogens (tertiary/aromatic N) is 6. The lowest BCUT2D eigenvalue weighted by Crippen LogP contribution is -2.39. The van der Waals surface area contributed by atoms with Crippen LogP contribution in [-0.4, -0.2) is 74.9 Å². The van der Waals surface area contributed by atoms with Gasteiger partial charge in [0.25, 0.3) is 5.91 Å². The highest BCUT2D eigenvalue weighted by atomic mass is 32.2. The van der Waals surface area contributed by atoms with Crippen LogP contribution in [0.4, 0.5) is 5.13 Å². The highest BCUT2D eigenvalue weighted by Gasteiger charge is 2.26. The molecule has 0 aliphatic heterocycles. The smallest absolute Gasteiger partial charge is 0.260 e. The zero-order valence-electron chi connectivity index (χ0n) is 22.3. The summed E-state index contributed by atoms with van der Waals surface area (Å²) in [5.41, 5.74) is 0.997. The van der Waals surface area contributed by atoms with Crippen LogP contribution in [0.2, 0.25) is 0 Å². The second-order valence-corrected chi connectivity index (χ2v) is 11.5. The molecule has 0 atom stereocenters.